The van der Waals surface area contributed by atoms with Gasteiger partial charge in [0.2, 0.25) is 0 Å². The molecule has 0 radical (unpaired) electrons. The van der Waals surface area contributed by atoms with E-state index in [0.29, 0.717) is 16.9 Å². The van der Waals surface area contributed by atoms with Crippen molar-refractivity contribution >= 4 is 18.1 Å². The summed E-state index contributed by atoms with van der Waals surface area (Å²) in [7, 11) is 0. The van der Waals surface area contributed by atoms with Crippen molar-refractivity contribution in [3.63, 3.8) is 0 Å². The quantitative estimate of drug-likeness (QED) is 0.314. The fraction of sp³-hybridized carbons (Fsp3) is 0.0870. The highest BCUT2D eigenvalue weighted by molar-refractivity contribution is 5.95. The van der Waals surface area contributed by atoms with Crippen molar-refractivity contribution in [2.75, 3.05) is 0 Å². The van der Waals surface area contributed by atoms with Crippen LogP contribution in [0.1, 0.15) is 37.4 Å². The fourth-order valence-corrected chi connectivity index (χ4v) is 2.52. The number of ether oxygens (including phenoxy) is 1. The van der Waals surface area contributed by atoms with E-state index in [2.05, 4.69) is 10.5 Å². The lowest BCUT2D eigenvalue weighted by molar-refractivity contribution is 0.0733. The molecule has 0 saturated heterocycles. The lowest BCUT2D eigenvalue weighted by Crippen LogP contribution is -2.17. The molecule has 5 nitrogen and oxygen atoms in total. The number of aryl methyl sites for hydroxylation is 2. The second-order valence-corrected chi connectivity index (χ2v) is 6.34. The SMILES string of the molecule is Cc1ccc(C(=O)N/N=C/c2ccc(OC(=O)c3ccccc3C)cc2)cc1. The lowest BCUT2D eigenvalue weighted by atomic mass is 10.1. The standard InChI is InChI=1S/C23H20N2O3/c1-16-7-11-19(12-8-16)22(26)25-24-15-18-9-13-20(14-10-18)28-23(27)21-6-4-3-5-17(21)2/h3-15H,1-2H3,(H,25,26)/b24-15+. The molecule has 3 aromatic rings. The minimum Gasteiger partial charge on any atom is -0.423 e. The average molecular weight is 372 g/mol. The Labute approximate surface area is 163 Å². The van der Waals surface area contributed by atoms with E-state index < -0.39 is 5.97 Å². The van der Waals surface area contributed by atoms with Crippen LogP contribution in [0.5, 0.6) is 5.75 Å². The first-order valence-electron chi connectivity index (χ1n) is 8.81. The van der Waals surface area contributed by atoms with E-state index in [-0.39, 0.29) is 5.91 Å². The zero-order valence-electron chi connectivity index (χ0n) is 15.7. The van der Waals surface area contributed by atoms with Crippen LogP contribution >= 0.6 is 0 Å². The zero-order valence-corrected chi connectivity index (χ0v) is 15.7. The first-order valence-corrected chi connectivity index (χ1v) is 8.81. The van der Waals surface area contributed by atoms with E-state index in [4.69, 9.17) is 4.74 Å². The Hall–Kier alpha value is -3.73. The largest absolute Gasteiger partial charge is 0.423 e. The molecule has 0 spiro atoms. The van der Waals surface area contributed by atoms with Crippen LogP contribution in [0.25, 0.3) is 0 Å². The van der Waals surface area contributed by atoms with Gasteiger partial charge in [-0.3, -0.25) is 4.79 Å². The number of nitrogens with zero attached hydrogens (tertiary/aromatic N) is 1. The third-order valence-corrected chi connectivity index (χ3v) is 4.15. The summed E-state index contributed by atoms with van der Waals surface area (Å²) in [4.78, 5) is 24.2. The summed E-state index contributed by atoms with van der Waals surface area (Å²) >= 11 is 0. The third-order valence-electron chi connectivity index (χ3n) is 4.15. The third kappa shape index (κ3) is 4.92. The van der Waals surface area contributed by atoms with Crippen molar-refractivity contribution in [3.05, 3.63) is 101 Å². The first kappa shape index (κ1) is 19.0. The number of carbonyl (C=O) groups excluding carboxylic acids is 2. The second kappa shape index (κ2) is 8.77. The Morgan fingerprint density at radius 3 is 2.25 bits per heavy atom. The number of esters is 1. The molecule has 0 aliphatic heterocycles. The van der Waals surface area contributed by atoms with Crippen LogP contribution in [0.4, 0.5) is 0 Å². The topological polar surface area (TPSA) is 67.8 Å². The first-order chi connectivity index (χ1) is 13.5. The van der Waals surface area contributed by atoms with Gasteiger partial charge in [0.05, 0.1) is 11.8 Å². The van der Waals surface area contributed by atoms with E-state index in [1.165, 1.54) is 6.21 Å². The van der Waals surface area contributed by atoms with E-state index in [1.54, 1.807) is 48.5 Å². The molecule has 0 aliphatic rings. The van der Waals surface area contributed by atoms with Crippen molar-refractivity contribution in [1.29, 1.82) is 0 Å². The number of carbonyl (C=O) groups is 2. The van der Waals surface area contributed by atoms with Crippen molar-refractivity contribution in [1.82, 2.24) is 5.43 Å². The molecular formula is C23H20N2O3. The van der Waals surface area contributed by atoms with Gasteiger partial charge in [-0.25, -0.2) is 10.2 Å². The summed E-state index contributed by atoms with van der Waals surface area (Å²) in [5, 5.41) is 3.96. The highest BCUT2D eigenvalue weighted by Crippen LogP contribution is 2.15. The van der Waals surface area contributed by atoms with Gasteiger partial charge in [-0.05, 0) is 67.4 Å². The molecule has 0 fully saturated rings. The molecule has 0 unspecified atom stereocenters. The Balaban J connectivity index is 1.57. The monoisotopic (exact) mass is 372 g/mol. The molecule has 140 valence electrons. The summed E-state index contributed by atoms with van der Waals surface area (Å²) in [5.41, 5.74) is 6.28. The van der Waals surface area contributed by atoms with Gasteiger partial charge in [-0.15, -0.1) is 0 Å². The molecule has 0 bridgehead atoms. The molecule has 0 atom stereocenters. The number of nitrogens with one attached hydrogen (secondary N) is 1. The van der Waals surface area contributed by atoms with Crippen LogP contribution in [0, 0.1) is 13.8 Å². The molecular weight excluding hydrogens is 352 g/mol. The number of hydrazone groups is 1. The molecule has 0 aromatic heterocycles. The Bertz CT molecular complexity index is 1010. The van der Waals surface area contributed by atoms with E-state index >= 15 is 0 Å². The van der Waals surface area contributed by atoms with Gasteiger partial charge in [-0.1, -0.05) is 35.9 Å². The molecule has 0 saturated carbocycles. The molecule has 3 rings (SSSR count). The fourth-order valence-electron chi connectivity index (χ4n) is 2.52. The molecule has 5 heteroatoms. The maximum atomic E-state index is 12.2. The van der Waals surface area contributed by atoms with Crippen LogP contribution in [0.3, 0.4) is 0 Å². The van der Waals surface area contributed by atoms with Crippen molar-refractivity contribution in [2.45, 2.75) is 13.8 Å². The van der Waals surface area contributed by atoms with Gasteiger partial charge in [0.1, 0.15) is 5.75 Å². The number of rotatable bonds is 5. The van der Waals surface area contributed by atoms with Crippen LogP contribution in [-0.2, 0) is 0 Å². The smallest absolute Gasteiger partial charge is 0.343 e. The van der Waals surface area contributed by atoms with Crippen molar-refractivity contribution in [3.8, 4) is 5.75 Å². The predicted molar refractivity (Wildman–Crippen MR) is 109 cm³/mol. The highest BCUT2D eigenvalue weighted by Gasteiger charge is 2.10. The molecule has 1 N–H and O–H groups in total. The number of hydrogen-bond donors (Lipinski definition) is 1. The van der Waals surface area contributed by atoms with Gasteiger partial charge in [0.15, 0.2) is 0 Å². The van der Waals surface area contributed by atoms with Gasteiger partial charge in [0, 0.05) is 5.56 Å². The van der Waals surface area contributed by atoms with Gasteiger partial charge < -0.3 is 4.74 Å². The van der Waals surface area contributed by atoms with E-state index in [1.807, 2.05) is 38.1 Å². The molecule has 28 heavy (non-hydrogen) atoms. The predicted octanol–water partition coefficient (Wildman–Crippen LogP) is 4.29. The van der Waals surface area contributed by atoms with Gasteiger partial charge in [0.25, 0.3) is 5.91 Å². The summed E-state index contributed by atoms with van der Waals surface area (Å²) < 4.78 is 5.39. The molecule has 0 heterocycles. The van der Waals surface area contributed by atoms with E-state index in [0.717, 1.165) is 16.7 Å². The van der Waals surface area contributed by atoms with Crippen molar-refractivity contribution < 1.29 is 14.3 Å². The molecule has 0 aliphatic carbocycles. The molecule has 1 amide bonds. The Morgan fingerprint density at radius 2 is 1.57 bits per heavy atom. The average Bonchev–Trinajstić information content (AvgIpc) is 2.70. The van der Waals surface area contributed by atoms with Crippen LogP contribution in [0.15, 0.2) is 77.9 Å². The van der Waals surface area contributed by atoms with Gasteiger partial charge in [-0.2, -0.15) is 5.10 Å². The summed E-state index contributed by atoms with van der Waals surface area (Å²) in [6.07, 6.45) is 1.53. The van der Waals surface area contributed by atoms with Crippen LogP contribution in [-0.4, -0.2) is 18.1 Å². The maximum Gasteiger partial charge on any atom is 0.343 e. The normalized spacial score (nSPS) is 10.6. The van der Waals surface area contributed by atoms with Crippen LogP contribution < -0.4 is 10.2 Å². The maximum absolute atomic E-state index is 12.2. The summed E-state index contributed by atoms with van der Waals surface area (Å²) in [6.45, 7) is 3.82. The molecule has 3 aromatic carbocycles. The minimum atomic E-state index is -0.398. The highest BCUT2D eigenvalue weighted by atomic mass is 16.5. The number of amides is 1. The Kier molecular flexibility index (Phi) is 5.97. The zero-order chi connectivity index (χ0) is 19.9. The van der Waals surface area contributed by atoms with Gasteiger partial charge >= 0.3 is 5.97 Å². The minimum absolute atomic E-state index is 0.278. The Morgan fingerprint density at radius 1 is 0.893 bits per heavy atom. The number of benzene rings is 3. The lowest BCUT2D eigenvalue weighted by Gasteiger charge is -2.06. The van der Waals surface area contributed by atoms with Crippen molar-refractivity contribution in [2.24, 2.45) is 5.10 Å². The van der Waals surface area contributed by atoms with E-state index in [9.17, 15) is 9.59 Å². The summed E-state index contributed by atoms with van der Waals surface area (Å²) in [6, 6.07) is 21.4. The van der Waals surface area contributed by atoms with Crippen LogP contribution in [0.2, 0.25) is 0 Å². The number of hydrogen-bond acceptors (Lipinski definition) is 4. The summed E-state index contributed by atoms with van der Waals surface area (Å²) in [5.74, 6) is -0.237. The second-order valence-electron chi connectivity index (χ2n) is 6.34.